The standard InChI is InChI=1S/C12H24/c1-4-11(5-2)10-12(6-3)8-7-9-12/h11H,4-10H2,1-3H3. The Morgan fingerprint density at radius 2 is 1.67 bits per heavy atom. The van der Waals surface area contributed by atoms with Gasteiger partial charge in [0.1, 0.15) is 0 Å². The summed E-state index contributed by atoms with van der Waals surface area (Å²) in [7, 11) is 0. The summed E-state index contributed by atoms with van der Waals surface area (Å²) in [6.07, 6.45) is 10.2. The van der Waals surface area contributed by atoms with Crippen LogP contribution in [0.4, 0.5) is 0 Å². The molecular formula is C12H24. The Hall–Kier alpha value is 0. The fourth-order valence-electron chi connectivity index (χ4n) is 2.57. The molecule has 0 atom stereocenters. The zero-order valence-electron chi connectivity index (χ0n) is 9.03. The smallest absolute Gasteiger partial charge is 0.0297 e. The van der Waals surface area contributed by atoms with Gasteiger partial charge in [0.2, 0.25) is 0 Å². The van der Waals surface area contributed by atoms with Crippen LogP contribution in [0.25, 0.3) is 0 Å². The van der Waals surface area contributed by atoms with Gasteiger partial charge in [-0.25, -0.2) is 0 Å². The normalized spacial score (nSPS) is 21.0. The maximum atomic E-state index is 2.38. The predicted molar refractivity (Wildman–Crippen MR) is 55.3 cm³/mol. The molecule has 1 aliphatic rings. The molecule has 0 radical (unpaired) electrons. The molecule has 0 aromatic carbocycles. The highest BCUT2D eigenvalue weighted by Crippen LogP contribution is 2.49. The molecule has 1 aliphatic carbocycles. The van der Waals surface area contributed by atoms with Crippen LogP contribution in [-0.4, -0.2) is 0 Å². The molecule has 0 spiro atoms. The second-order valence-corrected chi connectivity index (χ2v) is 4.59. The van der Waals surface area contributed by atoms with Crippen LogP contribution in [0.3, 0.4) is 0 Å². The van der Waals surface area contributed by atoms with Crippen molar-refractivity contribution in [2.45, 2.75) is 65.7 Å². The van der Waals surface area contributed by atoms with E-state index >= 15 is 0 Å². The highest BCUT2D eigenvalue weighted by Gasteiger charge is 2.36. The van der Waals surface area contributed by atoms with Gasteiger partial charge < -0.3 is 0 Å². The second kappa shape index (κ2) is 4.30. The molecule has 1 saturated carbocycles. The van der Waals surface area contributed by atoms with Crippen LogP contribution in [0.2, 0.25) is 0 Å². The van der Waals surface area contributed by atoms with E-state index < -0.39 is 0 Å². The lowest BCUT2D eigenvalue weighted by molar-refractivity contribution is 0.0851. The highest BCUT2D eigenvalue weighted by molar-refractivity contribution is 4.87. The van der Waals surface area contributed by atoms with Crippen molar-refractivity contribution in [2.75, 3.05) is 0 Å². The van der Waals surface area contributed by atoms with Crippen LogP contribution < -0.4 is 0 Å². The van der Waals surface area contributed by atoms with Crippen LogP contribution >= 0.6 is 0 Å². The minimum Gasteiger partial charge on any atom is -0.0651 e. The molecule has 1 fully saturated rings. The third-order valence-corrected chi connectivity index (χ3v) is 4.04. The van der Waals surface area contributed by atoms with E-state index in [0.717, 1.165) is 11.3 Å². The minimum absolute atomic E-state index is 0.788. The monoisotopic (exact) mass is 168 g/mol. The summed E-state index contributed by atoms with van der Waals surface area (Å²) in [5, 5.41) is 0. The number of hydrogen-bond donors (Lipinski definition) is 0. The van der Waals surface area contributed by atoms with Crippen molar-refractivity contribution in [1.29, 1.82) is 0 Å². The third-order valence-electron chi connectivity index (χ3n) is 4.04. The van der Waals surface area contributed by atoms with Gasteiger partial charge in [-0.05, 0) is 30.6 Å². The topological polar surface area (TPSA) is 0 Å². The molecule has 72 valence electrons. The molecule has 0 heterocycles. The Kier molecular flexibility index (Phi) is 3.61. The summed E-state index contributed by atoms with van der Waals surface area (Å²) in [6.45, 7) is 7.06. The van der Waals surface area contributed by atoms with Crippen LogP contribution in [0.5, 0.6) is 0 Å². The minimum atomic E-state index is 0.788. The largest absolute Gasteiger partial charge is 0.0651 e. The van der Waals surface area contributed by atoms with Gasteiger partial charge in [-0.3, -0.25) is 0 Å². The first-order valence-electron chi connectivity index (χ1n) is 5.76. The lowest BCUT2D eigenvalue weighted by Crippen LogP contribution is -2.30. The highest BCUT2D eigenvalue weighted by atomic mass is 14.4. The number of hydrogen-bond acceptors (Lipinski definition) is 0. The lowest BCUT2D eigenvalue weighted by Gasteiger charge is -2.43. The summed E-state index contributed by atoms with van der Waals surface area (Å²) < 4.78 is 0. The Balaban J connectivity index is 2.35. The van der Waals surface area contributed by atoms with E-state index in [1.807, 2.05) is 0 Å². The molecule has 1 rings (SSSR count). The van der Waals surface area contributed by atoms with Crippen molar-refractivity contribution >= 4 is 0 Å². The van der Waals surface area contributed by atoms with Crippen molar-refractivity contribution < 1.29 is 0 Å². The van der Waals surface area contributed by atoms with E-state index in [4.69, 9.17) is 0 Å². The van der Waals surface area contributed by atoms with E-state index in [2.05, 4.69) is 20.8 Å². The zero-order valence-corrected chi connectivity index (χ0v) is 9.03. The molecule has 12 heavy (non-hydrogen) atoms. The third kappa shape index (κ3) is 2.02. The van der Waals surface area contributed by atoms with Gasteiger partial charge in [-0.1, -0.05) is 46.5 Å². The Morgan fingerprint density at radius 3 is 1.92 bits per heavy atom. The Bertz CT molecular complexity index is 112. The molecule has 0 saturated heterocycles. The first kappa shape index (κ1) is 10.1. The molecule has 0 aromatic heterocycles. The van der Waals surface area contributed by atoms with E-state index in [9.17, 15) is 0 Å². The number of rotatable bonds is 5. The quantitative estimate of drug-likeness (QED) is 0.571. The molecule has 0 nitrogen and oxygen atoms in total. The van der Waals surface area contributed by atoms with Crippen LogP contribution in [0.15, 0.2) is 0 Å². The molecule has 0 aromatic rings. The van der Waals surface area contributed by atoms with Crippen LogP contribution in [0, 0.1) is 11.3 Å². The van der Waals surface area contributed by atoms with E-state index in [-0.39, 0.29) is 0 Å². The van der Waals surface area contributed by atoms with Crippen LogP contribution in [-0.2, 0) is 0 Å². The Morgan fingerprint density at radius 1 is 1.08 bits per heavy atom. The van der Waals surface area contributed by atoms with Crippen LogP contribution in [0.1, 0.15) is 65.7 Å². The summed E-state index contributed by atoms with van der Waals surface area (Å²) >= 11 is 0. The summed E-state index contributed by atoms with van der Waals surface area (Å²) in [5.74, 6) is 1.00. The summed E-state index contributed by atoms with van der Waals surface area (Å²) in [4.78, 5) is 0. The molecule has 0 aliphatic heterocycles. The van der Waals surface area contributed by atoms with Gasteiger partial charge >= 0.3 is 0 Å². The van der Waals surface area contributed by atoms with Crippen molar-refractivity contribution in [3.63, 3.8) is 0 Å². The van der Waals surface area contributed by atoms with E-state index in [1.54, 1.807) is 0 Å². The summed E-state index contributed by atoms with van der Waals surface area (Å²) in [5.41, 5.74) is 0.788. The fraction of sp³-hybridized carbons (Fsp3) is 1.00. The second-order valence-electron chi connectivity index (χ2n) is 4.59. The van der Waals surface area contributed by atoms with E-state index in [1.165, 1.54) is 44.9 Å². The maximum Gasteiger partial charge on any atom is -0.0297 e. The molecule has 0 unspecified atom stereocenters. The first-order chi connectivity index (χ1) is 5.76. The predicted octanol–water partition coefficient (Wildman–Crippen LogP) is 4.39. The Labute approximate surface area is 77.7 Å². The fourth-order valence-corrected chi connectivity index (χ4v) is 2.57. The average molecular weight is 168 g/mol. The summed E-state index contributed by atoms with van der Waals surface area (Å²) in [6, 6.07) is 0. The van der Waals surface area contributed by atoms with Crippen molar-refractivity contribution in [3.8, 4) is 0 Å². The van der Waals surface area contributed by atoms with Gasteiger partial charge in [0.15, 0.2) is 0 Å². The lowest BCUT2D eigenvalue weighted by atomic mass is 9.62. The van der Waals surface area contributed by atoms with Crippen molar-refractivity contribution in [2.24, 2.45) is 11.3 Å². The van der Waals surface area contributed by atoms with Gasteiger partial charge in [0, 0.05) is 0 Å². The van der Waals surface area contributed by atoms with Gasteiger partial charge in [-0.2, -0.15) is 0 Å². The molecule has 0 N–H and O–H groups in total. The molecule has 0 bridgehead atoms. The average Bonchev–Trinajstić information content (AvgIpc) is 2.05. The molecule has 0 heteroatoms. The van der Waals surface area contributed by atoms with Gasteiger partial charge in [0.25, 0.3) is 0 Å². The van der Waals surface area contributed by atoms with Crippen molar-refractivity contribution in [1.82, 2.24) is 0 Å². The SMILES string of the molecule is CCC(CC)CC1(CC)CCC1. The first-order valence-corrected chi connectivity index (χ1v) is 5.76. The zero-order chi connectivity index (χ0) is 9.03. The van der Waals surface area contributed by atoms with Crippen molar-refractivity contribution in [3.05, 3.63) is 0 Å². The van der Waals surface area contributed by atoms with Gasteiger partial charge in [-0.15, -0.1) is 0 Å². The molecular weight excluding hydrogens is 144 g/mol. The molecule has 0 amide bonds. The maximum absolute atomic E-state index is 2.38. The van der Waals surface area contributed by atoms with E-state index in [0.29, 0.717) is 0 Å². The van der Waals surface area contributed by atoms with Gasteiger partial charge in [0.05, 0.1) is 0 Å².